The lowest BCUT2D eigenvalue weighted by atomic mass is 10.3. The molecule has 0 aromatic carbocycles. The van der Waals surface area contributed by atoms with Gasteiger partial charge in [-0.15, -0.1) is 0 Å². The fraction of sp³-hybridized carbons (Fsp3) is 0.400. The van der Waals surface area contributed by atoms with Crippen molar-refractivity contribution in [2.75, 3.05) is 0 Å². The Morgan fingerprint density at radius 1 is 1.89 bits per heavy atom. The highest BCUT2D eigenvalue weighted by Gasteiger charge is 2.04. The highest BCUT2D eigenvalue weighted by atomic mass is 79.9. The van der Waals surface area contributed by atoms with Crippen LogP contribution in [0.15, 0.2) is 10.7 Å². The number of aromatic nitrogens is 2. The van der Waals surface area contributed by atoms with E-state index in [1.54, 1.807) is 6.20 Å². The van der Waals surface area contributed by atoms with E-state index >= 15 is 0 Å². The Balaban J connectivity index is 2.94. The average molecular weight is 190 g/mol. The van der Waals surface area contributed by atoms with E-state index < -0.39 is 0 Å². The molecule has 1 atom stereocenters. The summed E-state index contributed by atoms with van der Waals surface area (Å²) in [6, 6.07) is 0.0156. The molecule has 0 bridgehead atoms. The van der Waals surface area contributed by atoms with Gasteiger partial charge in [-0.1, -0.05) is 0 Å². The fourth-order valence-corrected chi connectivity index (χ4v) is 1.15. The van der Waals surface area contributed by atoms with Crippen molar-refractivity contribution in [1.82, 2.24) is 10.2 Å². The van der Waals surface area contributed by atoms with Crippen LogP contribution in [-0.2, 0) is 0 Å². The zero-order chi connectivity index (χ0) is 6.85. The lowest BCUT2D eigenvalue weighted by Gasteiger charge is -1.99. The van der Waals surface area contributed by atoms with Crippen LogP contribution >= 0.6 is 15.9 Å². The third-order valence-corrected chi connectivity index (χ3v) is 1.71. The number of halogens is 1. The maximum atomic E-state index is 5.56. The third kappa shape index (κ3) is 1.31. The lowest BCUT2D eigenvalue weighted by Crippen LogP contribution is -2.05. The molecule has 1 aromatic heterocycles. The van der Waals surface area contributed by atoms with E-state index in [9.17, 15) is 0 Å². The Bertz CT molecular complexity index is 194. The van der Waals surface area contributed by atoms with Gasteiger partial charge in [-0.25, -0.2) is 0 Å². The van der Waals surface area contributed by atoms with Crippen molar-refractivity contribution in [2.24, 2.45) is 5.73 Å². The molecule has 0 aliphatic rings. The summed E-state index contributed by atoms with van der Waals surface area (Å²) in [7, 11) is 0. The molecule has 0 spiro atoms. The van der Waals surface area contributed by atoms with Gasteiger partial charge in [-0.2, -0.15) is 5.10 Å². The number of rotatable bonds is 1. The molecule has 0 fully saturated rings. The van der Waals surface area contributed by atoms with Gasteiger partial charge in [0.2, 0.25) is 0 Å². The summed E-state index contributed by atoms with van der Waals surface area (Å²) in [4.78, 5) is 0. The minimum Gasteiger partial charge on any atom is -0.323 e. The normalized spacial score (nSPS) is 13.7. The predicted octanol–water partition coefficient (Wildman–Crippen LogP) is 1.19. The summed E-state index contributed by atoms with van der Waals surface area (Å²) in [5.74, 6) is 0. The molecule has 3 nitrogen and oxygen atoms in total. The van der Waals surface area contributed by atoms with Crippen molar-refractivity contribution in [2.45, 2.75) is 13.0 Å². The second-order valence-electron chi connectivity index (χ2n) is 1.92. The first-order chi connectivity index (χ1) is 4.22. The molecule has 3 N–H and O–H groups in total. The molecule has 4 heteroatoms. The molecular formula is C5H8BrN3. The van der Waals surface area contributed by atoms with Crippen LogP contribution in [0, 0.1) is 0 Å². The van der Waals surface area contributed by atoms with E-state index in [1.165, 1.54) is 0 Å². The topological polar surface area (TPSA) is 54.7 Å². The smallest absolute Gasteiger partial charge is 0.0658 e. The van der Waals surface area contributed by atoms with E-state index in [0.29, 0.717) is 0 Å². The zero-order valence-corrected chi connectivity index (χ0v) is 6.64. The molecule has 0 saturated heterocycles. The summed E-state index contributed by atoms with van der Waals surface area (Å²) < 4.78 is 0.942. The van der Waals surface area contributed by atoms with Crippen LogP contribution < -0.4 is 5.73 Å². The Morgan fingerprint density at radius 2 is 2.56 bits per heavy atom. The van der Waals surface area contributed by atoms with Gasteiger partial charge >= 0.3 is 0 Å². The number of nitrogens with two attached hydrogens (primary N) is 1. The van der Waals surface area contributed by atoms with E-state index in [1.807, 2.05) is 6.92 Å². The average Bonchev–Trinajstić information content (AvgIpc) is 2.13. The van der Waals surface area contributed by atoms with Crippen molar-refractivity contribution in [3.05, 3.63) is 16.4 Å². The van der Waals surface area contributed by atoms with Crippen molar-refractivity contribution in [3.8, 4) is 0 Å². The quantitative estimate of drug-likeness (QED) is 0.698. The number of aromatic amines is 1. The molecule has 1 heterocycles. The molecule has 0 radical (unpaired) electrons. The lowest BCUT2D eigenvalue weighted by molar-refractivity contribution is 0.768. The maximum absolute atomic E-state index is 5.56. The standard InChI is InChI=1S/C5H8BrN3/c1-3(7)5-4(6)2-8-9-5/h2-3H,7H2,1H3,(H,8,9)/t3-/m1/s1. The van der Waals surface area contributed by atoms with E-state index in [0.717, 1.165) is 10.2 Å². The fourth-order valence-electron chi connectivity index (χ4n) is 0.601. The summed E-state index contributed by atoms with van der Waals surface area (Å²) >= 11 is 3.29. The zero-order valence-electron chi connectivity index (χ0n) is 5.06. The molecule has 50 valence electrons. The molecule has 0 amide bonds. The minimum atomic E-state index is 0.0156. The molecule has 0 aliphatic heterocycles. The maximum Gasteiger partial charge on any atom is 0.0658 e. The van der Waals surface area contributed by atoms with Crippen LogP contribution in [0.1, 0.15) is 18.7 Å². The second kappa shape index (κ2) is 2.49. The van der Waals surface area contributed by atoms with Crippen LogP contribution in [0.4, 0.5) is 0 Å². The van der Waals surface area contributed by atoms with Gasteiger partial charge in [-0.05, 0) is 22.9 Å². The van der Waals surface area contributed by atoms with Gasteiger partial charge in [0.15, 0.2) is 0 Å². The number of nitrogens with zero attached hydrogens (tertiary/aromatic N) is 1. The first kappa shape index (κ1) is 6.77. The molecular weight excluding hydrogens is 182 g/mol. The van der Waals surface area contributed by atoms with Gasteiger partial charge in [0.1, 0.15) is 0 Å². The molecule has 9 heavy (non-hydrogen) atoms. The number of H-pyrrole nitrogens is 1. The predicted molar refractivity (Wildman–Crippen MR) is 38.9 cm³/mol. The number of hydrogen-bond acceptors (Lipinski definition) is 2. The largest absolute Gasteiger partial charge is 0.323 e. The highest BCUT2D eigenvalue weighted by molar-refractivity contribution is 9.10. The van der Waals surface area contributed by atoms with Gasteiger partial charge in [0.25, 0.3) is 0 Å². The van der Waals surface area contributed by atoms with Crippen molar-refractivity contribution >= 4 is 15.9 Å². The summed E-state index contributed by atoms with van der Waals surface area (Å²) in [6.07, 6.45) is 1.69. The molecule has 0 aliphatic carbocycles. The van der Waals surface area contributed by atoms with E-state index in [-0.39, 0.29) is 6.04 Å². The van der Waals surface area contributed by atoms with Crippen LogP contribution in [0.25, 0.3) is 0 Å². The molecule has 1 aromatic rings. The van der Waals surface area contributed by atoms with Crippen molar-refractivity contribution < 1.29 is 0 Å². The van der Waals surface area contributed by atoms with Crippen LogP contribution in [0.5, 0.6) is 0 Å². The van der Waals surface area contributed by atoms with Gasteiger partial charge in [0, 0.05) is 6.04 Å². The Kier molecular flexibility index (Phi) is 1.87. The van der Waals surface area contributed by atoms with Crippen LogP contribution in [-0.4, -0.2) is 10.2 Å². The number of nitrogens with one attached hydrogen (secondary N) is 1. The molecule has 0 unspecified atom stereocenters. The van der Waals surface area contributed by atoms with Gasteiger partial charge < -0.3 is 5.73 Å². The molecule has 0 saturated carbocycles. The second-order valence-corrected chi connectivity index (χ2v) is 2.77. The molecule has 1 rings (SSSR count). The van der Waals surface area contributed by atoms with Crippen LogP contribution in [0.2, 0.25) is 0 Å². The number of hydrogen-bond donors (Lipinski definition) is 2. The Hall–Kier alpha value is -0.350. The first-order valence-corrected chi connectivity index (χ1v) is 3.45. The van der Waals surface area contributed by atoms with Gasteiger partial charge in [-0.3, -0.25) is 5.10 Å². The summed E-state index contributed by atoms with van der Waals surface area (Å²) in [6.45, 7) is 1.90. The summed E-state index contributed by atoms with van der Waals surface area (Å²) in [5, 5.41) is 6.57. The van der Waals surface area contributed by atoms with E-state index in [2.05, 4.69) is 26.1 Å². The van der Waals surface area contributed by atoms with Crippen molar-refractivity contribution in [1.29, 1.82) is 0 Å². The third-order valence-electron chi connectivity index (χ3n) is 1.08. The minimum absolute atomic E-state index is 0.0156. The Labute approximate surface area is 61.8 Å². The van der Waals surface area contributed by atoms with Crippen molar-refractivity contribution in [3.63, 3.8) is 0 Å². The summed E-state index contributed by atoms with van der Waals surface area (Å²) in [5.41, 5.74) is 6.50. The monoisotopic (exact) mass is 189 g/mol. The SMILES string of the molecule is C[C@@H](N)c1[nH]ncc1Br. The first-order valence-electron chi connectivity index (χ1n) is 2.66. The van der Waals surface area contributed by atoms with Crippen LogP contribution in [0.3, 0.4) is 0 Å². The van der Waals surface area contributed by atoms with Gasteiger partial charge in [0.05, 0.1) is 16.4 Å². The Morgan fingerprint density at radius 3 is 2.78 bits per heavy atom. The highest BCUT2D eigenvalue weighted by Crippen LogP contribution is 2.17. The van der Waals surface area contributed by atoms with E-state index in [4.69, 9.17) is 5.73 Å².